The maximum atomic E-state index is 5.76. The fraction of sp³-hybridized carbons (Fsp3) is 0.0833. The molecule has 0 aliphatic carbocycles. The molecule has 0 saturated heterocycles. The third-order valence-corrected chi connectivity index (χ3v) is 3.54. The fourth-order valence-electron chi connectivity index (χ4n) is 1.58. The van der Waals surface area contributed by atoms with Gasteiger partial charge in [-0.15, -0.1) is 22.9 Å². The number of rotatable bonds is 2. The molecule has 0 amide bonds. The predicted octanol–water partition coefficient (Wildman–Crippen LogP) is 3.49. The van der Waals surface area contributed by atoms with Crippen molar-refractivity contribution in [2.75, 3.05) is 0 Å². The van der Waals surface area contributed by atoms with Crippen LogP contribution >= 0.6 is 22.9 Å². The van der Waals surface area contributed by atoms with Gasteiger partial charge < -0.3 is 0 Å². The van der Waals surface area contributed by atoms with Crippen molar-refractivity contribution in [1.82, 2.24) is 15.0 Å². The van der Waals surface area contributed by atoms with Crippen molar-refractivity contribution < 1.29 is 0 Å². The first-order valence-electron chi connectivity index (χ1n) is 5.08. The summed E-state index contributed by atoms with van der Waals surface area (Å²) in [4.78, 5) is 13.0. The minimum absolute atomic E-state index is 0.393. The quantitative estimate of drug-likeness (QED) is 0.663. The van der Waals surface area contributed by atoms with E-state index in [4.69, 9.17) is 11.6 Å². The number of fused-ring (bicyclic) bond motifs is 1. The van der Waals surface area contributed by atoms with E-state index in [2.05, 4.69) is 21.0 Å². The molecule has 3 aromatic rings. The second-order valence-electron chi connectivity index (χ2n) is 3.53. The van der Waals surface area contributed by atoms with Crippen molar-refractivity contribution in [1.29, 1.82) is 0 Å². The smallest absolute Gasteiger partial charge is 0.161 e. The van der Waals surface area contributed by atoms with Crippen molar-refractivity contribution in [3.8, 4) is 11.4 Å². The standard InChI is InChI=1S/C12H8ClN3S/c13-6-9-1-3-14-12(16-9)8-5-11-10(15-7-8)2-4-17-11/h1-5,7H,6H2. The molecular formula is C12H8ClN3S. The SMILES string of the molecule is ClCc1ccnc(-c2cnc3ccsc3c2)n1. The van der Waals surface area contributed by atoms with Crippen molar-refractivity contribution in [3.05, 3.63) is 41.7 Å². The summed E-state index contributed by atoms with van der Waals surface area (Å²) < 4.78 is 1.14. The number of hydrogen-bond donors (Lipinski definition) is 0. The highest BCUT2D eigenvalue weighted by atomic mass is 35.5. The zero-order valence-electron chi connectivity index (χ0n) is 8.80. The Morgan fingerprint density at radius 3 is 3.06 bits per heavy atom. The van der Waals surface area contributed by atoms with Gasteiger partial charge in [0.1, 0.15) is 0 Å². The van der Waals surface area contributed by atoms with Gasteiger partial charge in [-0.1, -0.05) is 0 Å². The third-order valence-electron chi connectivity index (χ3n) is 2.41. The lowest BCUT2D eigenvalue weighted by Gasteiger charge is -2.01. The van der Waals surface area contributed by atoms with Crippen LogP contribution in [0.4, 0.5) is 0 Å². The number of hydrogen-bond acceptors (Lipinski definition) is 4. The lowest BCUT2D eigenvalue weighted by Crippen LogP contribution is -1.92. The summed E-state index contributed by atoms with van der Waals surface area (Å²) in [5.41, 5.74) is 2.75. The molecule has 0 fully saturated rings. The summed E-state index contributed by atoms with van der Waals surface area (Å²) in [5.74, 6) is 1.07. The van der Waals surface area contributed by atoms with E-state index in [1.807, 2.05) is 17.5 Å². The first-order chi connectivity index (χ1) is 8.36. The monoisotopic (exact) mass is 261 g/mol. The molecule has 3 nitrogen and oxygen atoms in total. The van der Waals surface area contributed by atoms with Gasteiger partial charge in [-0.3, -0.25) is 4.98 Å². The Kier molecular flexibility index (Phi) is 2.74. The highest BCUT2D eigenvalue weighted by Crippen LogP contribution is 2.23. The molecule has 0 aliphatic rings. The van der Waals surface area contributed by atoms with E-state index in [0.29, 0.717) is 11.7 Å². The second kappa shape index (κ2) is 4.39. The number of pyridine rings is 1. The average Bonchev–Trinajstić information content (AvgIpc) is 2.86. The Hall–Kier alpha value is -1.52. The van der Waals surface area contributed by atoms with Crippen LogP contribution in [0.15, 0.2) is 36.0 Å². The molecule has 0 saturated carbocycles. The van der Waals surface area contributed by atoms with Crippen LogP contribution in [0.25, 0.3) is 21.6 Å². The van der Waals surface area contributed by atoms with E-state index < -0.39 is 0 Å². The molecule has 0 unspecified atom stereocenters. The molecule has 17 heavy (non-hydrogen) atoms. The molecule has 3 rings (SSSR count). The molecule has 3 aromatic heterocycles. The number of thiophene rings is 1. The molecule has 0 N–H and O–H groups in total. The Morgan fingerprint density at radius 2 is 2.18 bits per heavy atom. The number of halogens is 1. The average molecular weight is 262 g/mol. The van der Waals surface area contributed by atoms with Gasteiger partial charge in [0.15, 0.2) is 5.82 Å². The summed E-state index contributed by atoms with van der Waals surface area (Å²) in [6, 6.07) is 5.87. The van der Waals surface area contributed by atoms with Gasteiger partial charge >= 0.3 is 0 Å². The maximum Gasteiger partial charge on any atom is 0.161 e. The normalized spacial score (nSPS) is 10.9. The zero-order chi connectivity index (χ0) is 11.7. The molecule has 0 aliphatic heterocycles. The van der Waals surface area contributed by atoms with Crippen LogP contribution in [0, 0.1) is 0 Å². The van der Waals surface area contributed by atoms with Crippen molar-refractivity contribution in [2.24, 2.45) is 0 Å². The fourth-order valence-corrected chi connectivity index (χ4v) is 2.51. The Balaban J connectivity index is 2.12. The molecule has 5 heteroatoms. The highest BCUT2D eigenvalue weighted by molar-refractivity contribution is 7.17. The van der Waals surface area contributed by atoms with E-state index in [-0.39, 0.29) is 0 Å². The predicted molar refractivity (Wildman–Crippen MR) is 70.2 cm³/mol. The van der Waals surface area contributed by atoms with Gasteiger partial charge in [0.05, 0.1) is 21.8 Å². The van der Waals surface area contributed by atoms with Crippen LogP contribution < -0.4 is 0 Å². The molecule has 0 radical (unpaired) electrons. The van der Waals surface area contributed by atoms with Gasteiger partial charge in [-0.2, -0.15) is 0 Å². The Bertz CT molecular complexity index is 665. The largest absolute Gasteiger partial charge is 0.255 e. The van der Waals surface area contributed by atoms with Crippen LogP contribution in [-0.2, 0) is 5.88 Å². The summed E-state index contributed by atoms with van der Waals surface area (Å²) in [6.45, 7) is 0. The topological polar surface area (TPSA) is 38.7 Å². The van der Waals surface area contributed by atoms with Crippen molar-refractivity contribution in [2.45, 2.75) is 5.88 Å². The van der Waals surface area contributed by atoms with Gasteiger partial charge in [0, 0.05) is 18.0 Å². The zero-order valence-corrected chi connectivity index (χ0v) is 10.4. The van der Waals surface area contributed by atoms with Crippen LogP contribution in [0.2, 0.25) is 0 Å². The van der Waals surface area contributed by atoms with Crippen LogP contribution in [0.3, 0.4) is 0 Å². The Labute approximate surface area is 107 Å². The summed E-state index contributed by atoms with van der Waals surface area (Å²) in [7, 11) is 0. The van der Waals surface area contributed by atoms with Gasteiger partial charge in [-0.25, -0.2) is 9.97 Å². The minimum atomic E-state index is 0.393. The van der Waals surface area contributed by atoms with Crippen molar-refractivity contribution in [3.63, 3.8) is 0 Å². The van der Waals surface area contributed by atoms with Crippen molar-refractivity contribution >= 4 is 33.2 Å². The third kappa shape index (κ3) is 2.01. The first-order valence-corrected chi connectivity index (χ1v) is 6.50. The van der Waals surface area contributed by atoms with E-state index in [9.17, 15) is 0 Å². The van der Waals surface area contributed by atoms with Crippen LogP contribution in [-0.4, -0.2) is 15.0 Å². The van der Waals surface area contributed by atoms with E-state index in [1.165, 1.54) is 0 Å². The molecule has 3 heterocycles. The molecule has 0 aromatic carbocycles. The minimum Gasteiger partial charge on any atom is -0.255 e. The lowest BCUT2D eigenvalue weighted by molar-refractivity contribution is 1.09. The maximum absolute atomic E-state index is 5.76. The molecule has 84 valence electrons. The summed E-state index contributed by atoms with van der Waals surface area (Å²) in [5, 5.41) is 2.03. The number of nitrogens with zero attached hydrogens (tertiary/aromatic N) is 3. The summed E-state index contributed by atoms with van der Waals surface area (Å²) in [6.07, 6.45) is 3.51. The number of aromatic nitrogens is 3. The van der Waals surface area contributed by atoms with Crippen LogP contribution in [0.1, 0.15) is 5.69 Å². The summed E-state index contributed by atoms with van der Waals surface area (Å²) >= 11 is 7.42. The van der Waals surface area contributed by atoms with Crippen LogP contribution in [0.5, 0.6) is 0 Å². The molecule has 0 spiro atoms. The molecule has 0 atom stereocenters. The van der Waals surface area contributed by atoms with E-state index >= 15 is 0 Å². The lowest BCUT2D eigenvalue weighted by atomic mass is 10.2. The van der Waals surface area contributed by atoms with Gasteiger partial charge in [0.2, 0.25) is 0 Å². The highest BCUT2D eigenvalue weighted by Gasteiger charge is 2.05. The Morgan fingerprint density at radius 1 is 1.24 bits per heavy atom. The van der Waals surface area contributed by atoms with Gasteiger partial charge in [0.25, 0.3) is 0 Å². The number of alkyl halides is 1. The first kappa shape index (κ1) is 10.6. The van der Waals surface area contributed by atoms with E-state index in [1.54, 1.807) is 23.7 Å². The second-order valence-corrected chi connectivity index (χ2v) is 4.75. The van der Waals surface area contributed by atoms with E-state index in [0.717, 1.165) is 21.5 Å². The molecular weight excluding hydrogens is 254 g/mol. The van der Waals surface area contributed by atoms with Gasteiger partial charge in [-0.05, 0) is 23.6 Å². The molecule has 0 bridgehead atoms.